The van der Waals surface area contributed by atoms with Gasteiger partial charge >= 0.3 is 0 Å². The average Bonchev–Trinajstić information content (AvgIpc) is 2.88. The highest BCUT2D eigenvalue weighted by Crippen LogP contribution is 2.19. The SMILES string of the molecule is CCn1ccc(CNOC2CCCC2)c1. The van der Waals surface area contributed by atoms with Crippen molar-refractivity contribution in [3.05, 3.63) is 24.0 Å². The summed E-state index contributed by atoms with van der Waals surface area (Å²) in [6.45, 7) is 3.99. The molecule has 1 aliphatic rings. The van der Waals surface area contributed by atoms with Crippen molar-refractivity contribution in [2.75, 3.05) is 0 Å². The maximum atomic E-state index is 5.59. The summed E-state index contributed by atoms with van der Waals surface area (Å²) >= 11 is 0. The molecule has 0 bridgehead atoms. The Balaban J connectivity index is 1.68. The predicted octanol–water partition coefficient (Wildman–Crippen LogP) is 2.47. The van der Waals surface area contributed by atoms with Gasteiger partial charge in [-0.05, 0) is 31.4 Å². The maximum absolute atomic E-state index is 5.59. The lowest BCUT2D eigenvalue weighted by Crippen LogP contribution is -2.21. The minimum atomic E-state index is 0.443. The molecule has 3 heteroatoms. The van der Waals surface area contributed by atoms with Crippen LogP contribution in [-0.2, 0) is 17.9 Å². The Hall–Kier alpha value is -0.800. The predicted molar refractivity (Wildman–Crippen MR) is 60.3 cm³/mol. The summed E-state index contributed by atoms with van der Waals surface area (Å²) in [5.74, 6) is 0. The lowest BCUT2D eigenvalue weighted by molar-refractivity contribution is -0.0244. The van der Waals surface area contributed by atoms with Gasteiger partial charge in [-0.15, -0.1) is 0 Å². The molecule has 1 fully saturated rings. The van der Waals surface area contributed by atoms with Gasteiger partial charge in [0.2, 0.25) is 0 Å². The molecule has 1 aromatic rings. The van der Waals surface area contributed by atoms with Crippen molar-refractivity contribution < 1.29 is 4.84 Å². The Morgan fingerprint density at radius 1 is 1.47 bits per heavy atom. The molecule has 1 heterocycles. The molecular formula is C12H20N2O. The largest absolute Gasteiger partial charge is 0.354 e. The number of hydrogen-bond donors (Lipinski definition) is 1. The molecule has 0 spiro atoms. The van der Waals surface area contributed by atoms with Crippen molar-refractivity contribution >= 4 is 0 Å². The van der Waals surface area contributed by atoms with E-state index in [4.69, 9.17) is 4.84 Å². The highest BCUT2D eigenvalue weighted by Gasteiger charge is 2.15. The van der Waals surface area contributed by atoms with E-state index in [2.05, 4.69) is 35.4 Å². The number of aryl methyl sites for hydroxylation is 1. The third-order valence-corrected chi connectivity index (χ3v) is 3.01. The molecule has 0 unspecified atom stereocenters. The van der Waals surface area contributed by atoms with E-state index in [1.807, 2.05) is 0 Å². The molecule has 0 atom stereocenters. The molecule has 15 heavy (non-hydrogen) atoms. The lowest BCUT2D eigenvalue weighted by atomic mass is 10.3. The van der Waals surface area contributed by atoms with Crippen LogP contribution in [0.1, 0.15) is 38.2 Å². The topological polar surface area (TPSA) is 26.2 Å². The third kappa shape index (κ3) is 3.08. The summed E-state index contributed by atoms with van der Waals surface area (Å²) < 4.78 is 2.17. The Morgan fingerprint density at radius 2 is 2.27 bits per heavy atom. The van der Waals surface area contributed by atoms with Crippen LogP contribution in [0.2, 0.25) is 0 Å². The Kier molecular flexibility index (Phi) is 3.80. The molecule has 3 nitrogen and oxygen atoms in total. The van der Waals surface area contributed by atoms with Gasteiger partial charge in [-0.25, -0.2) is 0 Å². The summed E-state index contributed by atoms with van der Waals surface area (Å²) in [5.41, 5.74) is 4.35. The van der Waals surface area contributed by atoms with E-state index in [1.165, 1.54) is 31.2 Å². The summed E-state index contributed by atoms with van der Waals surface area (Å²) in [6.07, 6.45) is 9.76. The van der Waals surface area contributed by atoms with Crippen LogP contribution in [0.4, 0.5) is 0 Å². The van der Waals surface area contributed by atoms with Gasteiger partial charge in [-0.3, -0.25) is 4.84 Å². The van der Waals surface area contributed by atoms with E-state index in [9.17, 15) is 0 Å². The smallest absolute Gasteiger partial charge is 0.0790 e. The number of nitrogens with zero attached hydrogens (tertiary/aromatic N) is 1. The molecule has 2 rings (SSSR count). The van der Waals surface area contributed by atoms with E-state index in [0.717, 1.165) is 13.1 Å². The second kappa shape index (κ2) is 5.33. The van der Waals surface area contributed by atoms with Crippen LogP contribution in [0, 0.1) is 0 Å². The zero-order valence-corrected chi connectivity index (χ0v) is 9.41. The number of hydrogen-bond acceptors (Lipinski definition) is 2. The van der Waals surface area contributed by atoms with Gasteiger partial charge in [-0.1, -0.05) is 12.8 Å². The second-order valence-corrected chi connectivity index (χ2v) is 4.20. The van der Waals surface area contributed by atoms with E-state index < -0.39 is 0 Å². The highest BCUT2D eigenvalue weighted by atomic mass is 16.7. The molecule has 0 amide bonds. The van der Waals surface area contributed by atoms with Crippen LogP contribution < -0.4 is 5.48 Å². The Bertz CT molecular complexity index is 290. The molecule has 1 saturated carbocycles. The fraction of sp³-hybridized carbons (Fsp3) is 0.667. The third-order valence-electron chi connectivity index (χ3n) is 3.01. The first-order chi connectivity index (χ1) is 7.38. The van der Waals surface area contributed by atoms with E-state index >= 15 is 0 Å². The first kappa shape index (κ1) is 10.7. The summed E-state index contributed by atoms with van der Waals surface area (Å²) in [6, 6.07) is 2.13. The normalized spacial score (nSPS) is 17.4. The van der Waals surface area contributed by atoms with Crippen molar-refractivity contribution in [2.45, 2.75) is 51.8 Å². The van der Waals surface area contributed by atoms with Crippen molar-refractivity contribution in [2.24, 2.45) is 0 Å². The van der Waals surface area contributed by atoms with Crippen molar-refractivity contribution in [1.29, 1.82) is 0 Å². The Morgan fingerprint density at radius 3 is 2.93 bits per heavy atom. The number of nitrogens with one attached hydrogen (secondary N) is 1. The minimum absolute atomic E-state index is 0.443. The van der Waals surface area contributed by atoms with Crippen LogP contribution in [0.15, 0.2) is 18.5 Å². The summed E-state index contributed by atoms with van der Waals surface area (Å²) in [5, 5.41) is 0. The molecule has 0 aliphatic heterocycles. The van der Waals surface area contributed by atoms with Gasteiger partial charge in [0, 0.05) is 25.5 Å². The van der Waals surface area contributed by atoms with Crippen LogP contribution in [0.3, 0.4) is 0 Å². The fourth-order valence-electron chi connectivity index (χ4n) is 2.04. The van der Waals surface area contributed by atoms with Gasteiger partial charge in [0.1, 0.15) is 0 Å². The van der Waals surface area contributed by atoms with Crippen LogP contribution in [0.5, 0.6) is 0 Å². The summed E-state index contributed by atoms with van der Waals surface area (Å²) in [7, 11) is 0. The van der Waals surface area contributed by atoms with Gasteiger partial charge < -0.3 is 4.57 Å². The van der Waals surface area contributed by atoms with Gasteiger partial charge in [0.15, 0.2) is 0 Å². The first-order valence-corrected chi connectivity index (χ1v) is 5.91. The fourth-order valence-corrected chi connectivity index (χ4v) is 2.04. The van der Waals surface area contributed by atoms with Crippen LogP contribution >= 0.6 is 0 Å². The number of aromatic nitrogens is 1. The first-order valence-electron chi connectivity index (χ1n) is 5.91. The van der Waals surface area contributed by atoms with Crippen LogP contribution in [-0.4, -0.2) is 10.7 Å². The molecule has 0 saturated heterocycles. The minimum Gasteiger partial charge on any atom is -0.354 e. The van der Waals surface area contributed by atoms with E-state index in [1.54, 1.807) is 0 Å². The average molecular weight is 208 g/mol. The molecule has 1 aromatic heterocycles. The zero-order chi connectivity index (χ0) is 10.5. The standard InChI is InChI=1S/C12H20N2O/c1-2-14-8-7-11(10-14)9-13-15-12-5-3-4-6-12/h7-8,10,12-13H,2-6,9H2,1H3. The molecule has 1 aliphatic carbocycles. The molecule has 84 valence electrons. The van der Waals surface area contributed by atoms with Crippen LogP contribution in [0.25, 0.3) is 0 Å². The lowest BCUT2D eigenvalue weighted by Gasteiger charge is -2.10. The molecular weight excluding hydrogens is 188 g/mol. The van der Waals surface area contributed by atoms with Gasteiger partial charge in [0.05, 0.1) is 6.10 Å². The summed E-state index contributed by atoms with van der Waals surface area (Å²) in [4.78, 5) is 5.59. The molecule has 0 radical (unpaired) electrons. The number of hydroxylamine groups is 1. The molecule has 1 N–H and O–H groups in total. The number of rotatable bonds is 5. The van der Waals surface area contributed by atoms with E-state index in [0.29, 0.717) is 6.10 Å². The highest BCUT2D eigenvalue weighted by molar-refractivity contribution is 5.09. The van der Waals surface area contributed by atoms with Crippen molar-refractivity contribution in [3.63, 3.8) is 0 Å². The van der Waals surface area contributed by atoms with Gasteiger partial charge in [0.25, 0.3) is 0 Å². The second-order valence-electron chi connectivity index (χ2n) is 4.20. The Labute approximate surface area is 91.4 Å². The van der Waals surface area contributed by atoms with Gasteiger partial charge in [-0.2, -0.15) is 5.48 Å². The van der Waals surface area contributed by atoms with E-state index in [-0.39, 0.29) is 0 Å². The van der Waals surface area contributed by atoms with Crippen molar-refractivity contribution in [1.82, 2.24) is 10.0 Å². The van der Waals surface area contributed by atoms with Crippen molar-refractivity contribution in [3.8, 4) is 0 Å². The quantitative estimate of drug-likeness (QED) is 0.752. The molecule has 0 aromatic carbocycles. The monoisotopic (exact) mass is 208 g/mol. The maximum Gasteiger partial charge on any atom is 0.0790 e. The zero-order valence-electron chi connectivity index (χ0n) is 9.41.